The Labute approximate surface area is 155 Å². The number of anilines is 1. The number of nitrogens with one attached hydrogen (secondary N) is 2. The quantitative estimate of drug-likeness (QED) is 0.631. The summed E-state index contributed by atoms with van der Waals surface area (Å²) in [7, 11) is 1.30. The molecule has 1 heterocycles. The van der Waals surface area contributed by atoms with E-state index in [-0.39, 0.29) is 16.4 Å². The molecule has 2 N–H and O–H groups in total. The van der Waals surface area contributed by atoms with Crippen molar-refractivity contribution in [2.45, 2.75) is 26.2 Å². The van der Waals surface area contributed by atoms with Crippen LogP contribution in [0, 0.1) is 0 Å². The van der Waals surface area contributed by atoms with Crippen LogP contribution in [0.1, 0.15) is 46.4 Å². The second-order valence-electron chi connectivity index (χ2n) is 6.26. The highest BCUT2D eigenvalue weighted by atomic mass is 32.1. The first-order valence-electron chi connectivity index (χ1n) is 7.47. The first kappa shape index (κ1) is 19.0. The van der Waals surface area contributed by atoms with Gasteiger partial charge in [-0.15, -0.1) is 0 Å². The smallest absolute Gasteiger partial charge is 0.349 e. The van der Waals surface area contributed by atoms with Gasteiger partial charge < -0.3 is 10.1 Å². The van der Waals surface area contributed by atoms with Crippen LogP contribution in [0.2, 0.25) is 0 Å². The van der Waals surface area contributed by atoms with E-state index in [4.69, 9.17) is 12.2 Å². The summed E-state index contributed by atoms with van der Waals surface area (Å²) in [5.74, 6) is -0.790. The first-order valence-corrected chi connectivity index (χ1v) is 8.70. The summed E-state index contributed by atoms with van der Waals surface area (Å²) in [4.78, 5) is 28.0. The highest BCUT2D eigenvalue weighted by molar-refractivity contribution is 7.80. The van der Waals surface area contributed by atoms with Crippen molar-refractivity contribution in [2.75, 3.05) is 12.4 Å². The lowest BCUT2D eigenvalue weighted by Crippen LogP contribution is -2.34. The Kier molecular flexibility index (Phi) is 5.86. The molecule has 6 nitrogen and oxygen atoms in total. The summed E-state index contributed by atoms with van der Waals surface area (Å²) in [6.45, 7) is 6.33. The Hall–Kier alpha value is -2.32. The number of thiazole rings is 1. The number of thiocarbonyl (C=S) groups is 1. The van der Waals surface area contributed by atoms with Crippen LogP contribution in [0.5, 0.6) is 0 Å². The maximum atomic E-state index is 12.2. The molecule has 0 radical (unpaired) electrons. The van der Waals surface area contributed by atoms with E-state index in [1.54, 1.807) is 12.1 Å². The molecule has 0 spiro atoms. The summed E-state index contributed by atoms with van der Waals surface area (Å²) >= 11 is 6.19. The van der Waals surface area contributed by atoms with E-state index in [9.17, 15) is 9.59 Å². The third kappa shape index (κ3) is 5.07. The SMILES string of the molecule is COC(=O)c1cnc(NC(=S)NC(=O)c2ccc(C(C)(C)C)cc2)s1. The average Bonchev–Trinajstić information content (AvgIpc) is 3.01. The molecule has 8 heteroatoms. The summed E-state index contributed by atoms with van der Waals surface area (Å²) in [6, 6.07) is 7.37. The number of hydrogen-bond acceptors (Lipinski definition) is 6. The molecular weight excluding hydrogens is 358 g/mol. The van der Waals surface area contributed by atoms with Gasteiger partial charge in [0, 0.05) is 5.56 Å². The van der Waals surface area contributed by atoms with Crippen LogP contribution in [0.15, 0.2) is 30.5 Å². The molecule has 1 aromatic heterocycles. The third-order valence-corrected chi connectivity index (χ3v) is 4.45. The van der Waals surface area contributed by atoms with E-state index < -0.39 is 5.97 Å². The zero-order valence-corrected chi connectivity index (χ0v) is 16.0. The summed E-state index contributed by atoms with van der Waals surface area (Å²) < 4.78 is 4.61. The zero-order chi connectivity index (χ0) is 18.6. The minimum absolute atomic E-state index is 0.0219. The third-order valence-electron chi connectivity index (χ3n) is 3.35. The first-order chi connectivity index (χ1) is 11.7. The molecule has 2 rings (SSSR count). The van der Waals surface area contributed by atoms with E-state index in [1.807, 2.05) is 12.1 Å². The summed E-state index contributed by atoms with van der Waals surface area (Å²) in [6.07, 6.45) is 1.38. The molecule has 0 fully saturated rings. The van der Waals surface area contributed by atoms with E-state index in [1.165, 1.54) is 13.3 Å². The van der Waals surface area contributed by atoms with Crippen molar-refractivity contribution < 1.29 is 14.3 Å². The van der Waals surface area contributed by atoms with Gasteiger partial charge in [0.05, 0.1) is 13.3 Å². The van der Waals surface area contributed by atoms with E-state index >= 15 is 0 Å². The second-order valence-corrected chi connectivity index (χ2v) is 7.70. The maximum Gasteiger partial charge on any atom is 0.349 e. The van der Waals surface area contributed by atoms with Crippen molar-refractivity contribution in [2.24, 2.45) is 0 Å². The van der Waals surface area contributed by atoms with Crippen LogP contribution in [-0.2, 0) is 10.2 Å². The van der Waals surface area contributed by atoms with Crippen molar-refractivity contribution in [3.05, 3.63) is 46.5 Å². The van der Waals surface area contributed by atoms with Crippen molar-refractivity contribution in [3.63, 3.8) is 0 Å². The zero-order valence-electron chi connectivity index (χ0n) is 14.4. The maximum absolute atomic E-state index is 12.2. The van der Waals surface area contributed by atoms with Crippen molar-refractivity contribution in [1.29, 1.82) is 0 Å². The van der Waals surface area contributed by atoms with Crippen LogP contribution in [0.25, 0.3) is 0 Å². The fourth-order valence-corrected chi connectivity index (χ4v) is 2.94. The molecule has 0 unspecified atom stereocenters. The van der Waals surface area contributed by atoms with E-state index in [0.717, 1.165) is 16.9 Å². The largest absolute Gasteiger partial charge is 0.465 e. The van der Waals surface area contributed by atoms with Crippen LogP contribution < -0.4 is 10.6 Å². The predicted octanol–water partition coefficient (Wildman–Crippen LogP) is 3.35. The van der Waals surface area contributed by atoms with Gasteiger partial charge in [-0.1, -0.05) is 44.2 Å². The Balaban J connectivity index is 1.97. The standard InChI is InChI=1S/C17H19N3O3S2/c1-17(2,3)11-7-5-10(6-8-11)13(21)19-15(24)20-16-18-9-12(25-16)14(22)23-4/h5-9H,1-4H3,(H2,18,19,20,21,24). The number of rotatable bonds is 3. The lowest BCUT2D eigenvalue weighted by molar-refractivity contribution is 0.0606. The van der Waals surface area contributed by atoms with Crippen LogP contribution in [0.4, 0.5) is 5.13 Å². The average molecular weight is 377 g/mol. The number of ether oxygens (including phenoxy) is 1. The fraction of sp³-hybridized carbons (Fsp3) is 0.294. The Morgan fingerprint density at radius 1 is 1.20 bits per heavy atom. The molecule has 0 saturated heterocycles. The molecule has 0 aliphatic carbocycles. The molecule has 25 heavy (non-hydrogen) atoms. The lowest BCUT2D eigenvalue weighted by atomic mass is 9.87. The van der Waals surface area contributed by atoms with Gasteiger partial charge in [0.15, 0.2) is 10.2 Å². The highest BCUT2D eigenvalue weighted by Crippen LogP contribution is 2.22. The van der Waals surface area contributed by atoms with Gasteiger partial charge >= 0.3 is 5.97 Å². The summed E-state index contributed by atoms with van der Waals surface area (Å²) in [5.41, 5.74) is 1.67. The summed E-state index contributed by atoms with van der Waals surface area (Å²) in [5, 5.41) is 5.87. The number of hydrogen-bond donors (Lipinski definition) is 2. The van der Waals surface area contributed by atoms with E-state index in [0.29, 0.717) is 15.6 Å². The molecule has 0 saturated carbocycles. The lowest BCUT2D eigenvalue weighted by Gasteiger charge is -2.19. The molecule has 0 aliphatic heterocycles. The van der Waals surface area contributed by atoms with Gasteiger partial charge in [-0.25, -0.2) is 9.78 Å². The molecule has 0 atom stereocenters. The molecule has 1 amide bonds. The number of esters is 1. The van der Waals surface area contributed by atoms with Gasteiger partial charge in [0.2, 0.25) is 0 Å². The van der Waals surface area contributed by atoms with Crippen LogP contribution >= 0.6 is 23.6 Å². The molecule has 2 aromatic rings. The van der Waals surface area contributed by atoms with Gasteiger partial charge in [0.25, 0.3) is 5.91 Å². The molecule has 132 valence electrons. The van der Waals surface area contributed by atoms with Crippen molar-refractivity contribution in [1.82, 2.24) is 10.3 Å². The molecule has 0 aliphatic rings. The Morgan fingerprint density at radius 3 is 2.40 bits per heavy atom. The molecular formula is C17H19N3O3S2. The van der Waals surface area contributed by atoms with Gasteiger partial charge in [0.1, 0.15) is 4.88 Å². The minimum atomic E-state index is -0.473. The number of methoxy groups -OCH3 is 1. The topological polar surface area (TPSA) is 80.3 Å². The van der Waals surface area contributed by atoms with Crippen LogP contribution in [0.3, 0.4) is 0 Å². The van der Waals surface area contributed by atoms with Crippen molar-refractivity contribution >= 4 is 45.7 Å². The normalized spacial score (nSPS) is 10.9. The number of carbonyl (C=O) groups excluding carboxylic acids is 2. The molecule has 0 bridgehead atoms. The number of aromatic nitrogens is 1. The monoisotopic (exact) mass is 377 g/mol. The van der Waals surface area contributed by atoms with Gasteiger partial charge in [-0.2, -0.15) is 0 Å². The van der Waals surface area contributed by atoms with Crippen LogP contribution in [-0.4, -0.2) is 29.1 Å². The number of amides is 1. The second kappa shape index (κ2) is 7.71. The number of carbonyl (C=O) groups is 2. The van der Waals surface area contributed by atoms with E-state index in [2.05, 4.69) is 41.1 Å². The Morgan fingerprint density at radius 2 is 1.84 bits per heavy atom. The minimum Gasteiger partial charge on any atom is -0.465 e. The molecule has 1 aromatic carbocycles. The fourth-order valence-electron chi connectivity index (χ4n) is 1.95. The van der Waals surface area contributed by atoms with Gasteiger partial charge in [-0.3, -0.25) is 10.1 Å². The van der Waals surface area contributed by atoms with Crippen molar-refractivity contribution in [3.8, 4) is 0 Å². The Bertz CT molecular complexity index is 792. The number of benzene rings is 1. The van der Waals surface area contributed by atoms with Gasteiger partial charge in [-0.05, 0) is 35.3 Å². The predicted molar refractivity (Wildman–Crippen MR) is 102 cm³/mol. The highest BCUT2D eigenvalue weighted by Gasteiger charge is 2.15. The number of nitrogens with zero attached hydrogens (tertiary/aromatic N) is 1.